The summed E-state index contributed by atoms with van der Waals surface area (Å²) in [5, 5.41) is 9.36. The number of carbonyl (C=O) groups excluding carboxylic acids is 1. The molecule has 10 heteroatoms. The fourth-order valence-corrected chi connectivity index (χ4v) is 5.60. The summed E-state index contributed by atoms with van der Waals surface area (Å²) < 4.78 is 31.0. The number of nitrogens with zero attached hydrogens (tertiary/aromatic N) is 2. The number of anilines is 1. The highest BCUT2D eigenvalue weighted by atomic mass is 32.2. The smallest absolute Gasteiger partial charge is 0.410 e. The number of fused-ring (bicyclic) bond motifs is 1. The highest BCUT2D eigenvalue weighted by Gasteiger charge is 2.37. The normalized spacial score (nSPS) is 15.5. The Bertz CT molecular complexity index is 1360. The largest absolute Gasteiger partial charge is 0.493 e. The van der Waals surface area contributed by atoms with E-state index in [4.69, 9.17) is 25.5 Å². The molecule has 4 rings (SSSR count). The second-order valence-electron chi connectivity index (χ2n) is 10.4. The van der Waals surface area contributed by atoms with Crippen LogP contribution in [0.25, 0.3) is 0 Å². The van der Waals surface area contributed by atoms with Gasteiger partial charge in [0, 0.05) is 6.54 Å². The van der Waals surface area contributed by atoms with E-state index < -0.39 is 28.5 Å². The van der Waals surface area contributed by atoms with Crippen LogP contribution in [0.5, 0.6) is 11.5 Å². The van der Waals surface area contributed by atoms with E-state index in [1.165, 1.54) is 0 Å². The van der Waals surface area contributed by atoms with E-state index in [1.807, 2.05) is 48.5 Å². The number of rotatable bonds is 7. The lowest BCUT2D eigenvalue weighted by Gasteiger charge is -2.38. The molecule has 3 aromatic carbocycles. The van der Waals surface area contributed by atoms with Gasteiger partial charge in [-0.25, -0.2) is 10.6 Å². The second-order valence-corrected chi connectivity index (χ2v) is 11.8. The predicted octanol–water partition coefficient (Wildman–Crippen LogP) is 5.17. The molecular formula is C30H36N4O5S. The van der Waals surface area contributed by atoms with Crippen LogP contribution in [0.2, 0.25) is 0 Å². The molecule has 2 atom stereocenters. The van der Waals surface area contributed by atoms with Crippen molar-refractivity contribution in [1.29, 1.82) is 5.41 Å². The number of benzene rings is 3. The summed E-state index contributed by atoms with van der Waals surface area (Å²) in [5.41, 5.74) is 2.57. The first-order valence-corrected chi connectivity index (χ1v) is 14.3. The van der Waals surface area contributed by atoms with Gasteiger partial charge in [-0.05, 0) is 68.1 Å². The molecule has 0 aromatic heterocycles. The van der Waals surface area contributed by atoms with E-state index in [2.05, 4.69) is 0 Å². The Hall–Kier alpha value is -3.89. The van der Waals surface area contributed by atoms with E-state index in [0.717, 1.165) is 21.7 Å². The molecule has 2 unspecified atom stereocenters. The lowest BCUT2D eigenvalue weighted by molar-refractivity contribution is 0.0163. The van der Waals surface area contributed by atoms with Crippen molar-refractivity contribution in [3.63, 3.8) is 0 Å². The number of hydrazine groups is 1. The summed E-state index contributed by atoms with van der Waals surface area (Å²) in [6, 6.07) is 21.8. The van der Waals surface area contributed by atoms with Crippen LogP contribution in [0, 0.1) is 5.41 Å². The molecule has 1 aliphatic heterocycles. The summed E-state index contributed by atoms with van der Waals surface area (Å²) in [5.74, 6) is 7.18. The maximum atomic E-state index is 13.5. The monoisotopic (exact) mass is 564 g/mol. The van der Waals surface area contributed by atoms with Crippen LogP contribution in [-0.4, -0.2) is 45.4 Å². The SMILES string of the molecule is COc1cc2c(cc1OCc1ccccc1)CCN(C(=O)OC(C)(C)C)C2CS(=O)C(=N)N(N)c1ccccc1. The number of amides is 1. The van der Waals surface area contributed by atoms with Crippen LogP contribution in [0.3, 0.4) is 0 Å². The zero-order valence-corrected chi connectivity index (χ0v) is 24.1. The molecule has 0 spiro atoms. The van der Waals surface area contributed by atoms with Crippen molar-refractivity contribution in [3.05, 3.63) is 89.5 Å². The van der Waals surface area contributed by atoms with Crippen molar-refractivity contribution in [3.8, 4) is 11.5 Å². The summed E-state index contributed by atoms with van der Waals surface area (Å²) in [6.45, 7) is 6.13. The summed E-state index contributed by atoms with van der Waals surface area (Å²) in [7, 11) is -0.284. The minimum Gasteiger partial charge on any atom is -0.493 e. The van der Waals surface area contributed by atoms with Gasteiger partial charge in [0.15, 0.2) is 11.5 Å². The van der Waals surface area contributed by atoms with Gasteiger partial charge in [-0.3, -0.25) is 19.5 Å². The molecule has 0 fully saturated rings. The quantitative estimate of drug-likeness (QED) is 0.176. The molecule has 1 aliphatic rings. The summed E-state index contributed by atoms with van der Waals surface area (Å²) >= 11 is 0. The van der Waals surface area contributed by atoms with Crippen LogP contribution < -0.4 is 20.3 Å². The number of ether oxygens (including phenoxy) is 3. The lowest BCUT2D eigenvalue weighted by Crippen LogP contribution is -2.47. The first-order valence-electron chi connectivity index (χ1n) is 13.0. The average molecular weight is 565 g/mol. The maximum absolute atomic E-state index is 13.5. The van der Waals surface area contributed by atoms with Gasteiger partial charge in [-0.15, -0.1) is 0 Å². The number of amidine groups is 1. The van der Waals surface area contributed by atoms with Crippen LogP contribution >= 0.6 is 0 Å². The van der Waals surface area contributed by atoms with E-state index in [0.29, 0.717) is 36.8 Å². The molecule has 212 valence electrons. The summed E-state index contributed by atoms with van der Waals surface area (Å²) in [6.07, 6.45) is 0.0381. The molecular weight excluding hydrogens is 528 g/mol. The van der Waals surface area contributed by atoms with E-state index in [-0.39, 0.29) is 10.9 Å². The molecule has 9 nitrogen and oxygen atoms in total. The van der Waals surface area contributed by atoms with Crippen molar-refractivity contribution < 1.29 is 23.2 Å². The molecule has 0 bridgehead atoms. The zero-order valence-electron chi connectivity index (χ0n) is 23.3. The third-order valence-electron chi connectivity index (χ3n) is 6.43. The Kier molecular flexibility index (Phi) is 9.11. The highest BCUT2D eigenvalue weighted by Crippen LogP contribution is 2.39. The molecule has 40 heavy (non-hydrogen) atoms. The molecule has 0 radical (unpaired) electrons. The van der Waals surface area contributed by atoms with Gasteiger partial charge in [0.2, 0.25) is 5.17 Å². The molecule has 1 heterocycles. The molecule has 3 N–H and O–H groups in total. The Morgan fingerprint density at radius 1 is 1.07 bits per heavy atom. The van der Waals surface area contributed by atoms with Crippen LogP contribution in [0.1, 0.15) is 43.5 Å². The third-order valence-corrected chi connectivity index (χ3v) is 7.67. The van der Waals surface area contributed by atoms with E-state index in [9.17, 15) is 9.00 Å². The fraction of sp³-hybridized carbons (Fsp3) is 0.333. The number of carbonyl (C=O) groups is 1. The molecule has 3 aromatic rings. The third kappa shape index (κ3) is 7.00. The van der Waals surface area contributed by atoms with Crippen molar-refractivity contribution in [1.82, 2.24) is 4.90 Å². The van der Waals surface area contributed by atoms with Gasteiger partial charge in [0.1, 0.15) is 12.2 Å². The van der Waals surface area contributed by atoms with Crippen molar-refractivity contribution >= 4 is 27.7 Å². The summed E-state index contributed by atoms with van der Waals surface area (Å²) in [4.78, 5) is 14.9. The molecule has 0 aliphatic carbocycles. The van der Waals surface area contributed by atoms with E-state index in [1.54, 1.807) is 57.0 Å². The number of hydrogen-bond donors (Lipinski definition) is 2. The van der Waals surface area contributed by atoms with Gasteiger partial charge >= 0.3 is 6.09 Å². The minimum atomic E-state index is -1.84. The lowest BCUT2D eigenvalue weighted by atomic mass is 9.93. The van der Waals surface area contributed by atoms with Crippen molar-refractivity contribution in [2.24, 2.45) is 5.84 Å². The fourth-order valence-electron chi connectivity index (χ4n) is 4.47. The Morgan fingerprint density at radius 3 is 2.35 bits per heavy atom. The standard InChI is InChI=1S/C30H36N4O5S/c1-30(2,3)39-29(35)33-16-15-22-17-27(38-19-21-11-7-5-8-12-21)26(37-4)18-24(22)25(33)20-40(36)28(31)34(32)23-13-9-6-10-14-23/h5-14,17-18,25,31H,15-16,19-20,32H2,1-4H3. The highest BCUT2D eigenvalue weighted by molar-refractivity contribution is 8.00. The number of nitrogens with one attached hydrogen (secondary N) is 1. The van der Waals surface area contributed by atoms with Crippen LogP contribution in [0.15, 0.2) is 72.8 Å². The molecule has 0 saturated carbocycles. The maximum Gasteiger partial charge on any atom is 0.410 e. The van der Waals surface area contributed by atoms with Gasteiger partial charge in [0.05, 0.1) is 35.4 Å². The number of para-hydroxylation sites is 1. The van der Waals surface area contributed by atoms with Crippen LogP contribution in [0.4, 0.5) is 10.5 Å². The average Bonchev–Trinajstić information content (AvgIpc) is 2.94. The second kappa shape index (κ2) is 12.5. The molecule has 1 amide bonds. The van der Waals surface area contributed by atoms with Gasteiger partial charge < -0.3 is 14.2 Å². The molecule has 0 saturated heterocycles. The minimum absolute atomic E-state index is 0.0427. The van der Waals surface area contributed by atoms with Gasteiger partial charge in [-0.1, -0.05) is 48.5 Å². The topological polar surface area (TPSA) is 118 Å². The number of methoxy groups -OCH3 is 1. The van der Waals surface area contributed by atoms with Crippen molar-refractivity contribution in [2.75, 3.05) is 24.4 Å². The van der Waals surface area contributed by atoms with E-state index >= 15 is 0 Å². The first kappa shape index (κ1) is 29.1. The number of nitrogens with two attached hydrogens (primary N) is 1. The zero-order chi connectivity index (χ0) is 28.9. The van der Waals surface area contributed by atoms with Gasteiger partial charge in [0.25, 0.3) is 0 Å². The van der Waals surface area contributed by atoms with Crippen LogP contribution in [-0.2, 0) is 28.6 Å². The Labute approximate surface area is 237 Å². The number of hydrogen-bond acceptors (Lipinski definition) is 7. The Morgan fingerprint density at radius 2 is 1.73 bits per heavy atom. The Balaban J connectivity index is 1.64. The van der Waals surface area contributed by atoms with Gasteiger partial charge in [-0.2, -0.15) is 0 Å². The predicted molar refractivity (Wildman–Crippen MR) is 157 cm³/mol. The van der Waals surface area contributed by atoms with Crippen molar-refractivity contribution in [2.45, 2.75) is 45.4 Å². The first-order chi connectivity index (χ1) is 19.1.